The smallest absolute Gasteiger partial charge is 0.374 e. The number of tetrazole rings is 1. The van der Waals surface area contributed by atoms with Crippen LogP contribution in [0.3, 0.4) is 0 Å². The number of anilines is 3. The lowest BCUT2D eigenvalue weighted by molar-refractivity contribution is -0.149. The lowest BCUT2D eigenvalue weighted by atomic mass is 10.0. The summed E-state index contributed by atoms with van der Waals surface area (Å²) in [5.74, 6) is -2.97. The molecule has 4 N–H and O–H groups in total. The SMILES string of the molecule is CC[C@H](C)[C@@H](CO)NC(=O)Nc1ccc(CC(C(=O)Nc2ccc3oc(C(=O)OC(C)(C)C)cc3c2)N2CCN(c3cc(Cl)ccc3-n3cnnn3)C(=O)C2=O)cc1. The lowest BCUT2D eigenvalue weighted by Crippen LogP contribution is -2.60. The van der Waals surface area contributed by atoms with Gasteiger partial charge >= 0.3 is 23.8 Å². The Bertz CT molecular complexity index is 2310. The highest BCUT2D eigenvalue weighted by molar-refractivity contribution is 6.41. The first-order valence-corrected chi connectivity index (χ1v) is 19.0. The molecule has 1 saturated heterocycles. The standard InChI is InChI=1S/C40H44ClN9O8/c1-6-23(2)29(21-51)45-39(56)44-27-10-7-24(8-11-27)17-32(35(52)43-28-12-14-33-25(18-28)19-34(57-33)38(55)58-40(3,4)5)49-16-15-48(36(53)37(49)54)31-20-26(41)9-13-30(31)50-22-42-46-47-50/h7-14,18-20,22-23,29,32,51H,6,15-17,21H2,1-5H3,(H,43,52)(H2,44,45,56)/t23-,29+,32?/m0/s1. The van der Waals surface area contributed by atoms with E-state index in [-0.39, 0.29) is 37.8 Å². The maximum atomic E-state index is 14.2. The van der Waals surface area contributed by atoms with Crippen LogP contribution in [0.5, 0.6) is 0 Å². The van der Waals surface area contributed by atoms with Crippen molar-refractivity contribution in [2.45, 2.75) is 65.1 Å². The van der Waals surface area contributed by atoms with Gasteiger partial charge in [-0.1, -0.05) is 44.0 Å². The Morgan fingerprint density at radius 3 is 2.36 bits per heavy atom. The third kappa shape index (κ3) is 9.61. The van der Waals surface area contributed by atoms with Gasteiger partial charge in [-0.15, -0.1) is 5.10 Å². The molecular weight excluding hydrogens is 770 g/mol. The molecule has 0 saturated carbocycles. The molecule has 18 heteroatoms. The van der Waals surface area contributed by atoms with Gasteiger partial charge < -0.3 is 40.0 Å². The molecule has 0 bridgehead atoms. The van der Waals surface area contributed by atoms with Crippen LogP contribution >= 0.6 is 11.6 Å². The molecule has 0 aliphatic carbocycles. The van der Waals surface area contributed by atoms with Crippen molar-refractivity contribution in [2.24, 2.45) is 5.92 Å². The first kappa shape index (κ1) is 41.3. The summed E-state index contributed by atoms with van der Waals surface area (Å²) in [5, 5.41) is 30.2. The number of aliphatic hydroxyl groups is 1. The first-order chi connectivity index (χ1) is 27.6. The molecule has 6 rings (SSSR count). The fraction of sp³-hybridized carbons (Fsp3) is 0.350. The number of hydrogen-bond donors (Lipinski definition) is 4. The molecule has 2 aromatic heterocycles. The van der Waals surface area contributed by atoms with Crippen molar-refractivity contribution in [1.29, 1.82) is 0 Å². The Morgan fingerprint density at radius 2 is 1.69 bits per heavy atom. The van der Waals surface area contributed by atoms with E-state index < -0.39 is 47.4 Å². The van der Waals surface area contributed by atoms with Crippen LogP contribution in [-0.4, -0.2) is 97.3 Å². The van der Waals surface area contributed by atoms with Gasteiger partial charge in [0.25, 0.3) is 0 Å². The number of rotatable bonds is 13. The van der Waals surface area contributed by atoms with Crippen molar-refractivity contribution in [3.05, 3.63) is 89.4 Å². The van der Waals surface area contributed by atoms with Crippen molar-refractivity contribution in [1.82, 2.24) is 30.4 Å². The van der Waals surface area contributed by atoms with Crippen LogP contribution in [0, 0.1) is 5.92 Å². The molecule has 5 amide bonds. The van der Waals surface area contributed by atoms with Gasteiger partial charge in [0.2, 0.25) is 11.7 Å². The minimum Gasteiger partial charge on any atom is -0.454 e. The van der Waals surface area contributed by atoms with Gasteiger partial charge in [0.05, 0.1) is 24.0 Å². The van der Waals surface area contributed by atoms with E-state index in [2.05, 4.69) is 31.5 Å². The number of hydrogen-bond acceptors (Lipinski definition) is 11. The summed E-state index contributed by atoms with van der Waals surface area (Å²) >= 11 is 6.32. The molecule has 1 aliphatic rings. The Balaban J connectivity index is 1.25. The van der Waals surface area contributed by atoms with E-state index >= 15 is 0 Å². The summed E-state index contributed by atoms with van der Waals surface area (Å²) in [6, 6.07) is 15.7. The number of aliphatic hydroxyl groups excluding tert-OH is 1. The van der Waals surface area contributed by atoms with Crippen LogP contribution < -0.4 is 20.9 Å². The average Bonchev–Trinajstić information content (AvgIpc) is 3.88. The maximum Gasteiger partial charge on any atom is 0.374 e. The zero-order valence-electron chi connectivity index (χ0n) is 32.6. The number of esters is 1. The van der Waals surface area contributed by atoms with Crippen LogP contribution in [0.25, 0.3) is 16.7 Å². The summed E-state index contributed by atoms with van der Waals surface area (Å²) < 4.78 is 12.5. The van der Waals surface area contributed by atoms with E-state index in [1.165, 1.54) is 32.9 Å². The molecule has 304 valence electrons. The molecule has 1 unspecified atom stereocenters. The van der Waals surface area contributed by atoms with Crippen molar-refractivity contribution in [2.75, 3.05) is 35.2 Å². The predicted octanol–water partition coefficient (Wildman–Crippen LogP) is 4.97. The van der Waals surface area contributed by atoms with Gasteiger partial charge in [-0.25, -0.2) is 9.59 Å². The number of piperazine rings is 1. The molecular formula is C40H44ClN9O8. The van der Waals surface area contributed by atoms with Crippen LogP contribution in [0.15, 0.2) is 77.5 Å². The molecule has 17 nitrogen and oxygen atoms in total. The van der Waals surface area contributed by atoms with Gasteiger partial charge in [0.15, 0.2) is 0 Å². The number of aromatic nitrogens is 4. The van der Waals surface area contributed by atoms with E-state index in [1.807, 2.05) is 13.8 Å². The van der Waals surface area contributed by atoms with Gasteiger partial charge in [0.1, 0.15) is 23.6 Å². The Labute approximate surface area is 338 Å². The van der Waals surface area contributed by atoms with E-state index in [4.69, 9.17) is 20.8 Å². The highest BCUT2D eigenvalue weighted by Gasteiger charge is 2.41. The Kier molecular flexibility index (Phi) is 12.4. The molecule has 58 heavy (non-hydrogen) atoms. The third-order valence-corrected chi connectivity index (χ3v) is 9.86. The molecule has 1 aliphatic heterocycles. The second kappa shape index (κ2) is 17.4. The number of fused-ring (bicyclic) bond motifs is 1. The molecule has 3 atom stereocenters. The third-order valence-electron chi connectivity index (χ3n) is 9.63. The normalized spacial score (nSPS) is 14.9. The summed E-state index contributed by atoms with van der Waals surface area (Å²) in [4.78, 5) is 70.0. The molecule has 0 radical (unpaired) electrons. The zero-order valence-corrected chi connectivity index (χ0v) is 33.3. The van der Waals surface area contributed by atoms with Crippen LogP contribution in [-0.2, 0) is 25.5 Å². The monoisotopic (exact) mass is 813 g/mol. The molecule has 1 fully saturated rings. The highest BCUT2D eigenvalue weighted by atomic mass is 35.5. The number of ether oxygens (including phenoxy) is 1. The van der Waals surface area contributed by atoms with E-state index in [1.54, 1.807) is 75.4 Å². The van der Waals surface area contributed by atoms with Gasteiger partial charge in [-0.3, -0.25) is 14.4 Å². The van der Waals surface area contributed by atoms with Gasteiger partial charge in [-0.2, -0.15) is 4.68 Å². The average molecular weight is 814 g/mol. The minimum atomic E-state index is -1.17. The number of amides is 5. The number of nitrogens with one attached hydrogen (secondary N) is 3. The molecule has 3 aromatic carbocycles. The van der Waals surface area contributed by atoms with Crippen LogP contribution in [0.1, 0.15) is 57.2 Å². The number of halogens is 1. The topological polar surface area (TPSA) is 214 Å². The first-order valence-electron chi connectivity index (χ1n) is 18.6. The summed E-state index contributed by atoms with van der Waals surface area (Å²) in [5.41, 5.74) is 1.82. The Hall–Kier alpha value is -6.33. The number of benzene rings is 3. The van der Waals surface area contributed by atoms with Crippen LogP contribution in [0.4, 0.5) is 21.9 Å². The van der Waals surface area contributed by atoms with E-state index in [0.29, 0.717) is 44.3 Å². The number of furan rings is 1. The number of nitrogens with zero attached hydrogens (tertiary/aromatic N) is 6. The highest BCUT2D eigenvalue weighted by Crippen LogP contribution is 2.31. The second-order valence-corrected chi connectivity index (χ2v) is 15.3. The Morgan fingerprint density at radius 1 is 0.948 bits per heavy atom. The quantitative estimate of drug-likeness (QED) is 0.0920. The van der Waals surface area contributed by atoms with Crippen molar-refractivity contribution in [3.63, 3.8) is 0 Å². The minimum absolute atomic E-state index is 0.00171. The number of carbonyl (C=O) groups is 5. The lowest BCUT2D eigenvalue weighted by Gasteiger charge is -2.38. The van der Waals surface area contributed by atoms with Gasteiger partial charge in [-0.05, 0) is 97.3 Å². The summed E-state index contributed by atoms with van der Waals surface area (Å²) in [6.07, 6.45) is 2.12. The maximum absolute atomic E-state index is 14.2. The fourth-order valence-corrected chi connectivity index (χ4v) is 6.58. The number of urea groups is 1. The van der Waals surface area contributed by atoms with Crippen molar-refractivity contribution < 1.29 is 38.2 Å². The predicted molar refractivity (Wildman–Crippen MR) is 215 cm³/mol. The molecule has 5 aromatic rings. The van der Waals surface area contributed by atoms with Crippen molar-refractivity contribution >= 4 is 69.4 Å². The molecule has 0 spiro atoms. The zero-order chi connectivity index (χ0) is 41.7. The largest absolute Gasteiger partial charge is 0.454 e. The summed E-state index contributed by atoms with van der Waals surface area (Å²) in [7, 11) is 0. The van der Waals surface area contributed by atoms with Gasteiger partial charge in [0, 0.05) is 41.3 Å². The number of carbonyl (C=O) groups excluding carboxylic acids is 5. The van der Waals surface area contributed by atoms with Crippen LogP contribution in [0.2, 0.25) is 5.02 Å². The second-order valence-electron chi connectivity index (χ2n) is 14.9. The summed E-state index contributed by atoms with van der Waals surface area (Å²) in [6.45, 7) is 8.93. The molecule has 3 heterocycles. The van der Waals surface area contributed by atoms with Crippen molar-refractivity contribution in [3.8, 4) is 5.69 Å². The van der Waals surface area contributed by atoms with E-state index in [0.717, 1.165) is 6.42 Å². The fourth-order valence-electron chi connectivity index (χ4n) is 6.41. The van der Waals surface area contributed by atoms with E-state index in [9.17, 15) is 29.1 Å².